The number of nitrogens with zero attached hydrogens (tertiary/aromatic N) is 3. The van der Waals surface area contributed by atoms with Gasteiger partial charge in [0.2, 0.25) is 10.0 Å². The number of hydrogen-bond donors (Lipinski definition) is 2. The third-order valence-electron chi connectivity index (χ3n) is 4.83. The molecule has 0 amide bonds. The fourth-order valence-electron chi connectivity index (χ4n) is 3.40. The summed E-state index contributed by atoms with van der Waals surface area (Å²) in [5, 5.41) is 15.3. The lowest BCUT2D eigenvalue weighted by molar-refractivity contribution is 0.202. The average Bonchev–Trinajstić information content (AvgIpc) is 2.90. The van der Waals surface area contributed by atoms with Crippen molar-refractivity contribution in [3.63, 3.8) is 0 Å². The Hall–Kier alpha value is -1.78. The molecule has 0 saturated carbocycles. The van der Waals surface area contributed by atoms with Crippen molar-refractivity contribution in [2.75, 3.05) is 20.6 Å². The minimum Gasteiger partial charge on any atom is -0.382 e. The van der Waals surface area contributed by atoms with Crippen molar-refractivity contribution >= 4 is 21.6 Å². The van der Waals surface area contributed by atoms with Gasteiger partial charge in [-0.3, -0.25) is 4.68 Å². The Morgan fingerprint density at radius 3 is 2.79 bits per heavy atom. The van der Waals surface area contributed by atoms with Crippen molar-refractivity contribution in [3.05, 3.63) is 57.1 Å². The van der Waals surface area contributed by atoms with Gasteiger partial charge in [0, 0.05) is 38.2 Å². The molecule has 7 nitrogen and oxygen atoms in total. The first-order valence-electron chi connectivity index (χ1n) is 8.62. The van der Waals surface area contributed by atoms with Crippen LogP contribution >= 0.6 is 11.6 Å². The molecule has 0 radical (unpaired) electrons. The monoisotopic (exact) mass is 428 g/mol. The Morgan fingerprint density at radius 1 is 1.50 bits per heavy atom. The summed E-state index contributed by atoms with van der Waals surface area (Å²) in [5.41, 5.74) is 8.22. The number of aryl methyl sites for hydroxylation is 1. The first-order chi connectivity index (χ1) is 13.1. The van der Waals surface area contributed by atoms with Gasteiger partial charge in [0.1, 0.15) is 16.8 Å². The van der Waals surface area contributed by atoms with Gasteiger partial charge in [0.25, 0.3) is 0 Å². The highest BCUT2D eigenvalue weighted by atomic mass is 35.5. The Labute approximate surface area is 168 Å². The number of hydrogen-bond acceptors (Lipinski definition) is 5. The van der Waals surface area contributed by atoms with Gasteiger partial charge in [-0.25, -0.2) is 17.1 Å². The van der Waals surface area contributed by atoms with Crippen LogP contribution in [0.2, 0.25) is 5.02 Å². The van der Waals surface area contributed by atoms with E-state index in [9.17, 15) is 17.9 Å². The minimum atomic E-state index is -3.79. The molecule has 1 aliphatic carbocycles. The van der Waals surface area contributed by atoms with E-state index in [2.05, 4.69) is 5.10 Å². The number of aliphatic hydroxyl groups excluding tert-OH is 1. The zero-order valence-corrected chi connectivity index (χ0v) is 17.4. The summed E-state index contributed by atoms with van der Waals surface area (Å²) in [6.45, 7) is 1.66. The number of benzene rings is 1. The average molecular weight is 429 g/mol. The van der Waals surface area contributed by atoms with Crippen LogP contribution in [0.3, 0.4) is 0 Å². The fourth-order valence-corrected chi connectivity index (χ4v) is 4.95. The predicted molar refractivity (Wildman–Crippen MR) is 104 cm³/mol. The van der Waals surface area contributed by atoms with Crippen molar-refractivity contribution in [2.24, 2.45) is 5.73 Å². The maximum atomic E-state index is 14.0. The molecule has 3 N–H and O–H groups in total. The molecule has 1 heterocycles. The number of sulfonamides is 1. The first-order valence-corrected chi connectivity index (χ1v) is 10.4. The van der Waals surface area contributed by atoms with E-state index in [-0.39, 0.29) is 23.0 Å². The summed E-state index contributed by atoms with van der Waals surface area (Å²) in [4.78, 5) is -0.0857. The van der Waals surface area contributed by atoms with E-state index in [1.54, 1.807) is 13.0 Å². The number of aromatic nitrogens is 2. The first kappa shape index (κ1) is 20.9. The normalized spacial score (nSPS) is 17.0. The number of rotatable bonds is 5. The van der Waals surface area contributed by atoms with Crippen LogP contribution in [-0.4, -0.2) is 48.3 Å². The number of halogens is 2. The number of fused-ring (bicyclic) bond motifs is 2. The summed E-state index contributed by atoms with van der Waals surface area (Å²) in [7, 11) is -0.974. The second-order valence-electron chi connectivity index (χ2n) is 6.81. The summed E-state index contributed by atoms with van der Waals surface area (Å²) in [6.07, 6.45) is 0.425. The molecule has 1 aromatic heterocycles. The number of allylic oxidation sites excluding steroid dienone is 1. The zero-order chi connectivity index (χ0) is 20.8. The molecule has 10 heteroatoms. The van der Waals surface area contributed by atoms with Gasteiger partial charge in [-0.05, 0) is 24.6 Å². The standard InChI is InChI=1S/C18H22ClFN4O3S/c1-10-13-8-11-4-5-14(28(26,27)23(2)3)16(19)15(11)18(25)17(13)24(22-10)9-12(20)6-7-21/h4-6,18,25H,7-9,21H2,1-3H3/b12-6-/t18-/m1/s1. The van der Waals surface area contributed by atoms with Crippen molar-refractivity contribution < 1.29 is 17.9 Å². The lowest BCUT2D eigenvalue weighted by Gasteiger charge is -2.26. The molecule has 2 aromatic rings. The van der Waals surface area contributed by atoms with Gasteiger partial charge in [0.15, 0.2) is 0 Å². The second-order valence-corrected chi connectivity index (χ2v) is 9.31. The summed E-state index contributed by atoms with van der Waals surface area (Å²) in [5.74, 6) is -0.471. The molecule has 0 spiro atoms. The van der Waals surface area contributed by atoms with Crippen LogP contribution in [0.15, 0.2) is 28.9 Å². The molecule has 0 bridgehead atoms. The maximum Gasteiger partial charge on any atom is 0.244 e. The summed E-state index contributed by atoms with van der Waals surface area (Å²) >= 11 is 6.43. The molecule has 0 aliphatic heterocycles. The van der Waals surface area contributed by atoms with E-state index < -0.39 is 22.0 Å². The molecule has 0 saturated heterocycles. The second kappa shape index (κ2) is 7.57. The Kier molecular flexibility index (Phi) is 5.66. The van der Waals surface area contributed by atoms with E-state index in [0.717, 1.165) is 9.87 Å². The van der Waals surface area contributed by atoms with Crippen LogP contribution in [0.5, 0.6) is 0 Å². The quantitative estimate of drug-likeness (QED) is 0.757. The third kappa shape index (κ3) is 3.37. The lowest BCUT2D eigenvalue weighted by Crippen LogP contribution is -2.24. The Morgan fingerprint density at radius 2 is 2.18 bits per heavy atom. The van der Waals surface area contributed by atoms with E-state index in [0.29, 0.717) is 28.9 Å². The molecule has 152 valence electrons. The zero-order valence-electron chi connectivity index (χ0n) is 15.8. The largest absolute Gasteiger partial charge is 0.382 e. The molecule has 0 fully saturated rings. The Balaban J connectivity index is 2.15. The summed E-state index contributed by atoms with van der Waals surface area (Å²) < 4.78 is 41.5. The molecule has 28 heavy (non-hydrogen) atoms. The lowest BCUT2D eigenvalue weighted by atomic mass is 9.87. The van der Waals surface area contributed by atoms with Gasteiger partial charge in [-0.15, -0.1) is 0 Å². The van der Waals surface area contributed by atoms with Gasteiger partial charge < -0.3 is 10.8 Å². The van der Waals surface area contributed by atoms with E-state index >= 15 is 0 Å². The van der Waals surface area contributed by atoms with Gasteiger partial charge in [-0.1, -0.05) is 17.7 Å². The molecule has 1 aromatic carbocycles. The van der Waals surface area contributed by atoms with Crippen LogP contribution in [0.1, 0.15) is 34.2 Å². The van der Waals surface area contributed by atoms with Gasteiger partial charge in [0.05, 0.1) is 23.0 Å². The van der Waals surface area contributed by atoms with Crippen molar-refractivity contribution in [3.8, 4) is 0 Å². The van der Waals surface area contributed by atoms with E-state index in [1.807, 2.05) is 0 Å². The highest BCUT2D eigenvalue weighted by Gasteiger charge is 2.34. The maximum absolute atomic E-state index is 14.0. The minimum absolute atomic E-state index is 0.0345. The van der Waals surface area contributed by atoms with Crippen LogP contribution in [-0.2, 0) is 23.0 Å². The number of nitrogens with two attached hydrogens (primary N) is 1. The number of aliphatic hydroxyl groups is 1. The van der Waals surface area contributed by atoms with Crippen molar-refractivity contribution in [2.45, 2.75) is 30.9 Å². The highest BCUT2D eigenvalue weighted by molar-refractivity contribution is 7.89. The van der Waals surface area contributed by atoms with Crippen LogP contribution in [0.4, 0.5) is 4.39 Å². The molecule has 3 rings (SSSR count). The molecule has 1 atom stereocenters. The van der Waals surface area contributed by atoms with Crippen LogP contribution in [0.25, 0.3) is 0 Å². The molecular formula is C18H22ClFN4O3S. The SMILES string of the molecule is Cc1nn(C/C(F)=C/CN)c2c1Cc1ccc(S(=O)(=O)N(C)C)c(Cl)c1[C@H]2O. The van der Waals surface area contributed by atoms with Crippen molar-refractivity contribution in [1.82, 2.24) is 14.1 Å². The van der Waals surface area contributed by atoms with Crippen LogP contribution in [0, 0.1) is 6.92 Å². The Bertz CT molecular complexity index is 1060. The van der Waals surface area contributed by atoms with Gasteiger partial charge in [-0.2, -0.15) is 5.10 Å². The molecule has 1 aliphatic rings. The highest BCUT2D eigenvalue weighted by Crippen LogP contribution is 2.42. The van der Waals surface area contributed by atoms with Gasteiger partial charge >= 0.3 is 0 Å². The molecular weight excluding hydrogens is 407 g/mol. The summed E-state index contributed by atoms with van der Waals surface area (Å²) in [6, 6.07) is 3.09. The van der Waals surface area contributed by atoms with E-state index in [1.165, 1.54) is 30.9 Å². The molecule has 0 unspecified atom stereocenters. The van der Waals surface area contributed by atoms with Crippen LogP contribution < -0.4 is 5.73 Å². The van der Waals surface area contributed by atoms with E-state index in [4.69, 9.17) is 17.3 Å². The topological polar surface area (TPSA) is 101 Å². The van der Waals surface area contributed by atoms with Crippen molar-refractivity contribution in [1.29, 1.82) is 0 Å². The predicted octanol–water partition coefficient (Wildman–Crippen LogP) is 1.89. The third-order valence-corrected chi connectivity index (χ3v) is 7.20. The fraction of sp³-hybridized carbons (Fsp3) is 0.389. The smallest absolute Gasteiger partial charge is 0.244 e.